The molecular weight excluding hydrogens is 334 g/mol. The Morgan fingerprint density at radius 3 is 2.26 bits per heavy atom. The van der Waals surface area contributed by atoms with Gasteiger partial charge in [0.15, 0.2) is 5.60 Å². The molecule has 3 nitrogen and oxygen atoms in total. The molecule has 3 heteroatoms. The van der Waals surface area contributed by atoms with Gasteiger partial charge in [-0.25, -0.2) is 0 Å². The molecule has 1 N–H and O–H groups in total. The van der Waals surface area contributed by atoms with Crippen LogP contribution in [0.15, 0.2) is 30.3 Å². The predicted molar refractivity (Wildman–Crippen MR) is 108 cm³/mol. The van der Waals surface area contributed by atoms with E-state index >= 15 is 0 Å². The maximum atomic E-state index is 11.9. The van der Waals surface area contributed by atoms with Crippen molar-refractivity contribution >= 4 is 0 Å². The summed E-state index contributed by atoms with van der Waals surface area (Å²) in [6.45, 7) is 3.18. The molecule has 1 aromatic carbocycles. The molecule has 1 aliphatic carbocycles. The number of nitrogens with zero attached hydrogens (tertiary/aromatic N) is 1. The fourth-order valence-corrected chi connectivity index (χ4v) is 5.44. The number of rotatable bonds is 3. The first-order valence-electron chi connectivity index (χ1n) is 10.8. The Kier molecular flexibility index (Phi) is 5.60. The highest BCUT2D eigenvalue weighted by Crippen LogP contribution is 2.41. The lowest BCUT2D eigenvalue weighted by Gasteiger charge is -2.50. The molecule has 146 valence electrons. The van der Waals surface area contributed by atoms with Crippen LogP contribution in [0.1, 0.15) is 56.9 Å². The van der Waals surface area contributed by atoms with E-state index in [0.29, 0.717) is 5.92 Å². The number of piperidine rings is 3. The monoisotopic (exact) mass is 367 g/mol. The topological polar surface area (TPSA) is 32.7 Å². The van der Waals surface area contributed by atoms with Crippen molar-refractivity contribution in [2.45, 2.75) is 62.6 Å². The fraction of sp³-hybridized carbons (Fsp3) is 0.667. The van der Waals surface area contributed by atoms with E-state index in [9.17, 15) is 5.11 Å². The van der Waals surface area contributed by atoms with Crippen LogP contribution in [0.5, 0.6) is 0 Å². The van der Waals surface area contributed by atoms with E-state index in [0.717, 1.165) is 50.9 Å². The van der Waals surface area contributed by atoms with E-state index in [1.54, 1.807) is 7.11 Å². The van der Waals surface area contributed by atoms with Crippen LogP contribution in [-0.2, 0) is 10.3 Å². The molecule has 2 bridgehead atoms. The maximum Gasteiger partial charge on any atom is 0.153 e. The molecule has 1 aromatic rings. The van der Waals surface area contributed by atoms with Crippen LogP contribution in [0.25, 0.3) is 0 Å². The number of fused-ring (bicyclic) bond motifs is 3. The lowest BCUT2D eigenvalue weighted by atomic mass is 9.73. The zero-order valence-electron chi connectivity index (χ0n) is 16.6. The van der Waals surface area contributed by atoms with Crippen molar-refractivity contribution in [3.8, 4) is 11.8 Å². The summed E-state index contributed by atoms with van der Waals surface area (Å²) in [6.07, 6.45) is 9.32. The van der Waals surface area contributed by atoms with Crippen LogP contribution in [0.2, 0.25) is 0 Å². The number of benzene rings is 1. The Hall–Kier alpha value is -1.34. The number of hydrogen-bond acceptors (Lipinski definition) is 3. The third kappa shape index (κ3) is 3.68. The van der Waals surface area contributed by atoms with Gasteiger partial charge < -0.3 is 9.84 Å². The molecule has 1 saturated carbocycles. The largest absolute Gasteiger partial charge is 0.373 e. The zero-order valence-corrected chi connectivity index (χ0v) is 16.6. The summed E-state index contributed by atoms with van der Waals surface area (Å²) in [6, 6.07) is 10.1. The lowest BCUT2D eigenvalue weighted by molar-refractivity contribution is -0.0967. The second-order valence-electron chi connectivity index (χ2n) is 8.71. The summed E-state index contributed by atoms with van der Waals surface area (Å²) < 4.78 is 6.03. The summed E-state index contributed by atoms with van der Waals surface area (Å²) in [5.41, 5.74) is -0.565. The van der Waals surface area contributed by atoms with Crippen LogP contribution < -0.4 is 0 Å². The van der Waals surface area contributed by atoms with Gasteiger partial charge in [-0.1, -0.05) is 67.9 Å². The zero-order chi connectivity index (χ0) is 18.7. The number of aliphatic hydroxyl groups is 1. The molecule has 0 aromatic heterocycles. The minimum Gasteiger partial charge on any atom is -0.373 e. The molecule has 2 atom stereocenters. The smallest absolute Gasteiger partial charge is 0.153 e. The van der Waals surface area contributed by atoms with Crippen molar-refractivity contribution in [3.63, 3.8) is 0 Å². The highest BCUT2D eigenvalue weighted by atomic mass is 16.5. The standard InChI is InChI=1S/C24H33NO2/c1-27-23(19-25-17-13-20(23)14-18-25)15-16-24(26,22-11-7-4-8-12-22)21-9-5-2-3-6-10-21/h4,7-8,11-12,20-21,26H,2-3,5-6,9-10,13-14,17-19H2,1H3/t23-,24+/m1/s1. The van der Waals surface area contributed by atoms with Crippen LogP contribution in [-0.4, -0.2) is 42.4 Å². The van der Waals surface area contributed by atoms with Gasteiger partial charge in [-0.2, -0.15) is 0 Å². The first-order valence-corrected chi connectivity index (χ1v) is 10.8. The third-order valence-corrected chi connectivity index (χ3v) is 7.19. The predicted octanol–water partition coefficient (Wildman–Crippen LogP) is 3.96. The van der Waals surface area contributed by atoms with Gasteiger partial charge in [-0.15, -0.1) is 0 Å². The summed E-state index contributed by atoms with van der Waals surface area (Å²) >= 11 is 0. The highest BCUT2D eigenvalue weighted by molar-refractivity contribution is 5.36. The van der Waals surface area contributed by atoms with E-state index in [1.165, 1.54) is 25.7 Å². The Labute approximate surface area is 164 Å². The van der Waals surface area contributed by atoms with Gasteiger partial charge in [0.05, 0.1) is 0 Å². The molecular formula is C24H33NO2. The van der Waals surface area contributed by atoms with E-state index in [2.05, 4.69) is 16.7 Å². The molecule has 3 heterocycles. The molecule has 0 radical (unpaired) electrons. The molecule has 5 rings (SSSR count). The first-order chi connectivity index (χ1) is 13.2. The maximum absolute atomic E-state index is 11.9. The van der Waals surface area contributed by atoms with Gasteiger partial charge in [0.1, 0.15) is 5.60 Å². The Balaban J connectivity index is 1.71. The van der Waals surface area contributed by atoms with Crippen LogP contribution >= 0.6 is 0 Å². The normalized spacial score (nSPS) is 33.6. The van der Waals surface area contributed by atoms with Crippen molar-refractivity contribution in [1.29, 1.82) is 0 Å². The van der Waals surface area contributed by atoms with Crippen LogP contribution in [0.4, 0.5) is 0 Å². The van der Waals surface area contributed by atoms with Gasteiger partial charge in [-0.3, -0.25) is 4.90 Å². The van der Waals surface area contributed by atoms with Gasteiger partial charge in [0.2, 0.25) is 0 Å². The summed E-state index contributed by atoms with van der Waals surface area (Å²) in [5.74, 6) is 7.60. The van der Waals surface area contributed by atoms with Gasteiger partial charge in [0.25, 0.3) is 0 Å². The Morgan fingerprint density at radius 2 is 1.70 bits per heavy atom. The molecule has 3 aliphatic heterocycles. The minimum absolute atomic E-state index is 0.199. The van der Waals surface area contributed by atoms with E-state index in [1.807, 2.05) is 30.3 Å². The van der Waals surface area contributed by atoms with Gasteiger partial charge in [-0.05, 0) is 44.3 Å². The molecule has 0 spiro atoms. The summed E-state index contributed by atoms with van der Waals surface area (Å²) in [4.78, 5) is 2.46. The first kappa shape index (κ1) is 19.0. The second-order valence-corrected chi connectivity index (χ2v) is 8.71. The second kappa shape index (κ2) is 7.95. The molecule has 4 aliphatic rings. The van der Waals surface area contributed by atoms with Crippen molar-refractivity contribution in [3.05, 3.63) is 35.9 Å². The number of ether oxygens (including phenoxy) is 1. The summed E-state index contributed by atoms with van der Waals surface area (Å²) in [5, 5.41) is 11.9. The molecule has 0 unspecified atom stereocenters. The quantitative estimate of drug-likeness (QED) is 0.648. The highest BCUT2D eigenvalue weighted by Gasteiger charge is 2.47. The average Bonchev–Trinajstić information content (AvgIpc) is 3.03. The van der Waals surface area contributed by atoms with Crippen molar-refractivity contribution in [2.75, 3.05) is 26.7 Å². The van der Waals surface area contributed by atoms with Crippen LogP contribution in [0, 0.1) is 23.7 Å². The number of methoxy groups -OCH3 is 1. The van der Waals surface area contributed by atoms with Gasteiger partial charge >= 0.3 is 0 Å². The SMILES string of the molecule is CO[C@]1(C#C[C@@](O)(c2ccccc2)C2CCCCCC2)CN2CCC1CC2. The minimum atomic E-state index is -1.08. The van der Waals surface area contributed by atoms with Crippen molar-refractivity contribution in [2.24, 2.45) is 11.8 Å². The van der Waals surface area contributed by atoms with E-state index in [4.69, 9.17) is 4.74 Å². The Morgan fingerprint density at radius 1 is 1.04 bits per heavy atom. The molecule has 27 heavy (non-hydrogen) atoms. The summed E-state index contributed by atoms with van der Waals surface area (Å²) in [7, 11) is 1.80. The average molecular weight is 368 g/mol. The molecule has 4 fully saturated rings. The van der Waals surface area contributed by atoms with Crippen molar-refractivity contribution in [1.82, 2.24) is 4.90 Å². The van der Waals surface area contributed by atoms with E-state index in [-0.39, 0.29) is 5.92 Å². The number of hydrogen-bond donors (Lipinski definition) is 1. The Bertz CT molecular complexity index is 677. The fourth-order valence-electron chi connectivity index (χ4n) is 5.44. The van der Waals surface area contributed by atoms with Crippen LogP contribution in [0.3, 0.4) is 0 Å². The van der Waals surface area contributed by atoms with Crippen molar-refractivity contribution < 1.29 is 9.84 Å². The van der Waals surface area contributed by atoms with E-state index < -0.39 is 11.2 Å². The third-order valence-electron chi connectivity index (χ3n) is 7.19. The lowest BCUT2D eigenvalue weighted by Crippen LogP contribution is -2.59. The molecule has 3 saturated heterocycles. The molecule has 0 amide bonds. The van der Waals surface area contributed by atoms with Gasteiger partial charge in [0, 0.05) is 25.5 Å².